The number of benzene rings is 2. The lowest BCUT2D eigenvalue weighted by molar-refractivity contribution is -0.131. The zero-order chi connectivity index (χ0) is 26.1. The molecule has 1 fully saturated rings. The third kappa shape index (κ3) is 7.59. The van der Waals surface area contributed by atoms with Gasteiger partial charge in [-0.25, -0.2) is 4.79 Å². The molecule has 1 saturated heterocycles. The molecule has 0 bridgehead atoms. The Morgan fingerprint density at radius 2 is 1.81 bits per heavy atom. The Morgan fingerprint density at radius 1 is 1.14 bits per heavy atom. The molecule has 0 unspecified atom stereocenters. The van der Waals surface area contributed by atoms with E-state index in [4.69, 9.17) is 31.1 Å². The number of amides is 1. The Hall–Kier alpha value is -4.34. The summed E-state index contributed by atoms with van der Waals surface area (Å²) in [6.07, 6.45) is 4.17. The normalized spacial score (nSPS) is 13.9. The van der Waals surface area contributed by atoms with Crippen LogP contribution in [0.5, 0.6) is 11.5 Å². The van der Waals surface area contributed by atoms with E-state index in [-0.39, 0.29) is 31.0 Å². The largest absolute Gasteiger partial charge is 0.491 e. The first kappa shape index (κ1) is 26.3. The predicted octanol–water partition coefficient (Wildman–Crippen LogP) is 2.72. The molecule has 190 valence electrons. The maximum Gasteiger partial charge on any atom is 0.328 e. The number of aliphatic carboxylic acids is 1. The molecule has 10 nitrogen and oxygen atoms in total. The summed E-state index contributed by atoms with van der Waals surface area (Å²) in [5, 5.41) is 27.0. The van der Waals surface area contributed by atoms with E-state index < -0.39 is 5.97 Å². The summed E-state index contributed by atoms with van der Waals surface area (Å²) >= 11 is 0. The number of nitrogens with one attached hydrogen (secondary N) is 3. The molecule has 0 saturated carbocycles. The Labute approximate surface area is 209 Å². The quantitative estimate of drug-likeness (QED) is 0.147. The number of nitrogens with two attached hydrogens (primary N) is 1. The van der Waals surface area contributed by atoms with Crippen molar-refractivity contribution in [1.82, 2.24) is 10.2 Å². The lowest BCUT2D eigenvalue weighted by Gasteiger charge is -2.32. The van der Waals surface area contributed by atoms with Crippen molar-refractivity contribution in [2.45, 2.75) is 25.9 Å². The fourth-order valence-corrected chi connectivity index (χ4v) is 3.74. The minimum absolute atomic E-state index is 0.0918. The second kappa shape index (κ2) is 12.4. The summed E-state index contributed by atoms with van der Waals surface area (Å²) < 4.78 is 11.7. The monoisotopic (exact) mass is 493 g/mol. The van der Waals surface area contributed by atoms with Crippen molar-refractivity contribution in [3.63, 3.8) is 0 Å². The van der Waals surface area contributed by atoms with Gasteiger partial charge in [0, 0.05) is 48.7 Å². The van der Waals surface area contributed by atoms with Crippen LogP contribution in [0.3, 0.4) is 0 Å². The van der Waals surface area contributed by atoms with Crippen molar-refractivity contribution < 1.29 is 24.2 Å². The number of carbonyl (C=O) groups excluding carboxylic acids is 1. The maximum atomic E-state index is 12.5. The molecule has 1 aliphatic heterocycles. The minimum Gasteiger partial charge on any atom is -0.491 e. The molecule has 0 aliphatic carbocycles. The molecule has 1 amide bonds. The van der Waals surface area contributed by atoms with Gasteiger partial charge < -0.3 is 30.5 Å². The van der Waals surface area contributed by atoms with Crippen LogP contribution in [-0.4, -0.2) is 65.9 Å². The number of carboxylic acid groups (broad SMARTS) is 1. The van der Waals surface area contributed by atoms with Gasteiger partial charge in [-0.2, -0.15) is 0 Å². The number of piperidine rings is 1. The van der Waals surface area contributed by atoms with Crippen molar-refractivity contribution in [2.75, 3.05) is 26.2 Å². The summed E-state index contributed by atoms with van der Waals surface area (Å²) in [5.41, 5.74) is 6.98. The third-order valence-corrected chi connectivity index (χ3v) is 5.71. The SMILES string of the molecule is CC(=N)N1CCC(Oc2ccc(C(=O)NCCOc3cc(C(=N)N)ccc3C=CC(=O)O)cc2)CC1. The highest BCUT2D eigenvalue weighted by atomic mass is 16.5. The second-order valence-corrected chi connectivity index (χ2v) is 8.36. The maximum absolute atomic E-state index is 12.5. The molecule has 36 heavy (non-hydrogen) atoms. The van der Waals surface area contributed by atoms with E-state index in [0.717, 1.165) is 32.0 Å². The van der Waals surface area contributed by atoms with Crippen LogP contribution in [0.15, 0.2) is 48.5 Å². The van der Waals surface area contributed by atoms with Crippen molar-refractivity contribution in [3.8, 4) is 11.5 Å². The Kier molecular flexibility index (Phi) is 9.04. The van der Waals surface area contributed by atoms with Gasteiger partial charge in [-0.1, -0.05) is 12.1 Å². The van der Waals surface area contributed by atoms with Gasteiger partial charge in [0.25, 0.3) is 5.91 Å². The van der Waals surface area contributed by atoms with E-state index in [0.29, 0.717) is 34.0 Å². The number of amidine groups is 2. The van der Waals surface area contributed by atoms with Gasteiger partial charge in [-0.05, 0) is 43.3 Å². The van der Waals surface area contributed by atoms with E-state index in [9.17, 15) is 9.59 Å². The summed E-state index contributed by atoms with van der Waals surface area (Å²) in [5.74, 6) is 0.146. The third-order valence-electron chi connectivity index (χ3n) is 5.71. The van der Waals surface area contributed by atoms with Gasteiger partial charge in [-0.15, -0.1) is 0 Å². The molecule has 0 atom stereocenters. The highest BCUT2D eigenvalue weighted by Crippen LogP contribution is 2.22. The number of ether oxygens (including phenoxy) is 2. The number of nitrogens with zero attached hydrogens (tertiary/aromatic N) is 1. The topological polar surface area (TPSA) is 162 Å². The lowest BCUT2D eigenvalue weighted by Crippen LogP contribution is -2.40. The van der Waals surface area contributed by atoms with Gasteiger partial charge in [0.2, 0.25) is 0 Å². The molecule has 0 radical (unpaired) electrons. The first-order chi connectivity index (χ1) is 17.2. The lowest BCUT2D eigenvalue weighted by atomic mass is 10.1. The minimum atomic E-state index is -1.09. The molecular weight excluding hydrogens is 462 g/mol. The van der Waals surface area contributed by atoms with E-state index in [1.54, 1.807) is 49.4 Å². The molecule has 2 aromatic rings. The number of carboxylic acids is 1. The number of hydrogen-bond acceptors (Lipinski definition) is 6. The molecule has 10 heteroatoms. The van der Waals surface area contributed by atoms with Crippen molar-refractivity contribution in [2.24, 2.45) is 5.73 Å². The van der Waals surface area contributed by atoms with E-state index >= 15 is 0 Å². The van der Waals surface area contributed by atoms with Crippen LogP contribution in [0.4, 0.5) is 0 Å². The number of likely N-dealkylation sites (tertiary alicyclic amines) is 1. The molecule has 6 N–H and O–H groups in total. The van der Waals surface area contributed by atoms with Crippen molar-refractivity contribution >= 4 is 29.6 Å². The second-order valence-electron chi connectivity index (χ2n) is 8.36. The van der Waals surface area contributed by atoms with E-state index in [1.807, 2.05) is 4.90 Å². The number of hydrogen-bond donors (Lipinski definition) is 5. The van der Waals surface area contributed by atoms with Gasteiger partial charge in [-0.3, -0.25) is 15.6 Å². The van der Waals surface area contributed by atoms with Crippen LogP contribution in [-0.2, 0) is 4.79 Å². The zero-order valence-corrected chi connectivity index (χ0v) is 20.1. The standard InChI is InChI=1S/C26H31N5O5/c1-17(27)31-13-10-22(11-14-31)36-21-7-4-19(5-8-21)26(34)30-12-15-35-23-16-20(25(28)29)3-2-18(23)6-9-24(32)33/h2-9,16,22,27H,10-15H2,1H3,(H3,28,29)(H,30,34)(H,32,33). The predicted molar refractivity (Wildman–Crippen MR) is 137 cm³/mol. The van der Waals surface area contributed by atoms with E-state index in [1.165, 1.54) is 6.08 Å². The van der Waals surface area contributed by atoms with Gasteiger partial charge in [0.1, 0.15) is 30.0 Å². The van der Waals surface area contributed by atoms with Crippen molar-refractivity contribution in [1.29, 1.82) is 10.8 Å². The molecular formula is C26H31N5O5. The smallest absolute Gasteiger partial charge is 0.328 e. The Balaban J connectivity index is 1.49. The highest BCUT2D eigenvalue weighted by molar-refractivity contribution is 5.96. The van der Waals surface area contributed by atoms with Gasteiger partial charge in [0.05, 0.1) is 12.4 Å². The number of nitrogen functional groups attached to an aromatic ring is 1. The van der Waals surface area contributed by atoms with Crippen LogP contribution in [0.1, 0.15) is 41.3 Å². The average molecular weight is 494 g/mol. The molecule has 2 aromatic carbocycles. The molecule has 1 heterocycles. The summed E-state index contributed by atoms with van der Waals surface area (Å²) in [6, 6.07) is 11.7. The molecule has 0 aromatic heterocycles. The average Bonchev–Trinajstić information content (AvgIpc) is 2.86. The summed E-state index contributed by atoms with van der Waals surface area (Å²) in [6.45, 7) is 3.75. The van der Waals surface area contributed by atoms with Crippen molar-refractivity contribution in [3.05, 3.63) is 65.2 Å². The molecule has 1 aliphatic rings. The summed E-state index contributed by atoms with van der Waals surface area (Å²) in [4.78, 5) is 25.4. The van der Waals surface area contributed by atoms with Crippen LogP contribution in [0.25, 0.3) is 6.08 Å². The summed E-state index contributed by atoms with van der Waals surface area (Å²) in [7, 11) is 0. The van der Waals surface area contributed by atoms with Crippen LogP contribution >= 0.6 is 0 Å². The zero-order valence-electron chi connectivity index (χ0n) is 20.1. The highest BCUT2D eigenvalue weighted by Gasteiger charge is 2.20. The van der Waals surface area contributed by atoms with Gasteiger partial charge >= 0.3 is 5.97 Å². The van der Waals surface area contributed by atoms with Gasteiger partial charge in [0.15, 0.2) is 0 Å². The Bertz CT molecular complexity index is 1140. The van der Waals surface area contributed by atoms with Crippen LogP contribution in [0, 0.1) is 10.8 Å². The first-order valence-electron chi connectivity index (χ1n) is 11.6. The van der Waals surface area contributed by atoms with E-state index in [2.05, 4.69) is 5.32 Å². The molecule has 0 spiro atoms. The fraction of sp³-hybridized carbons (Fsp3) is 0.308. The number of rotatable bonds is 10. The Morgan fingerprint density at radius 3 is 2.42 bits per heavy atom. The van der Waals surface area contributed by atoms with Crippen LogP contribution < -0.4 is 20.5 Å². The van der Waals surface area contributed by atoms with Crippen LogP contribution in [0.2, 0.25) is 0 Å². The fourth-order valence-electron chi connectivity index (χ4n) is 3.74. The molecule has 3 rings (SSSR count). The number of carbonyl (C=O) groups is 2. The first-order valence-corrected chi connectivity index (χ1v) is 11.6.